The quantitative estimate of drug-likeness (QED) is 0.487. The van der Waals surface area contributed by atoms with Crippen LogP contribution < -0.4 is 0 Å². The van der Waals surface area contributed by atoms with E-state index in [1.807, 2.05) is 49.3 Å². The molecule has 0 radical (unpaired) electrons. The topological polar surface area (TPSA) is 82.2 Å². The van der Waals surface area contributed by atoms with Crippen LogP contribution in [0.2, 0.25) is 0 Å². The summed E-state index contributed by atoms with van der Waals surface area (Å²) in [6, 6.07) is 11.6. The minimum atomic E-state index is -0.153. The molecule has 3 aromatic rings. The first-order valence-electron chi connectivity index (χ1n) is 10.3. The molecule has 4 rings (SSSR count). The van der Waals surface area contributed by atoms with E-state index in [0.29, 0.717) is 23.8 Å². The number of amides is 1. The van der Waals surface area contributed by atoms with Gasteiger partial charge < -0.3 is 19.4 Å². The SMILES string of the molecule is CN(C)CCN(C)C(=O)c1cc(-c2ccc3c(c2)CCC3=NO)c(-c2ccncc2)o1. The molecule has 0 aliphatic heterocycles. The minimum absolute atomic E-state index is 0.153. The zero-order valence-corrected chi connectivity index (χ0v) is 18.0. The highest BCUT2D eigenvalue weighted by atomic mass is 16.4. The summed E-state index contributed by atoms with van der Waals surface area (Å²) >= 11 is 0. The number of furan rings is 1. The second-order valence-electron chi connectivity index (χ2n) is 8.04. The molecule has 31 heavy (non-hydrogen) atoms. The molecule has 1 aromatic carbocycles. The van der Waals surface area contributed by atoms with Crippen LogP contribution in [0, 0.1) is 0 Å². The average Bonchev–Trinajstić information content (AvgIpc) is 3.41. The van der Waals surface area contributed by atoms with Gasteiger partial charge in [0.1, 0.15) is 5.76 Å². The fourth-order valence-electron chi connectivity index (χ4n) is 3.81. The van der Waals surface area contributed by atoms with E-state index in [1.54, 1.807) is 24.3 Å². The second kappa shape index (κ2) is 8.73. The zero-order valence-electron chi connectivity index (χ0n) is 18.0. The van der Waals surface area contributed by atoms with E-state index >= 15 is 0 Å². The Balaban J connectivity index is 1.74. The fraction of sp³-hybridized carbons (Fsp3) is 0.292. The summed E-state index contributed by atoms with van der Waals surface area (Å²) in [6.45, 7) is 1.38. The molecule has 0 bridgehead atoms. The van der Waals surface area contributed by atoms with Crippen molar-refractivity contribution in [3.05, 3.63) is 65.7 Å². The van der Waals surface area contributed by atoms with Crippen molar-refractivity contribution >= 4 is 11.6 Å². The van der Waals surface area contributed by atoms with Crippen LogP contribution in [0.1, 0.15) is 28.1 Å². The molecule has 1 aliphatic carbocycles. The Morgan fingerprint density at radius 1 is 1.03 bits per heavy atom. The Kier molecular flexibility index (Phi) is 5.86. The maximum atomic E-state index is 13.0. The molecule has 0 saturated heterocycles. The fourth-order valence-corrected chi connectivity index (χ4v) is 3.81. The van der Waals surface area contributed by atoms with Gasteiger partial charge >= 0.3 is 0 Å². The first-order chi connectivity index (χ1) is 15.0. The normalized spacial score (nSPS) is 14.3. The van der Waals surface area contributed by atoms with Crippen LogP contribution in [0.25, 0.3) is 22.5 Å². The van der Waals surface area contributed by atoms with Gasteiger partial charge in [0.25, 0.3) is 5.91 Å². The number of carbonyl (C=O) groups excluding carboxylic acids is 1. The summed E-state index contributed by atoms with van der Waals surface area (Å²) in [5, 5.41) is 12.6. The van der Waals surface area contributed by atoms with Crippen LogP contribution in [0.15, 0.2) is 58.4 Å². The van der Waals surface area contributed by atoms with Gasteiger partial charge in [-0.1, -0.05) is 23.4 Å². The Morgan fingerprint density at radius 2 is 1.81 bits per heavy atom. The van der Waals surface area contributed by atoms with E-state index in [0.717, 1.165) is 47.2 Å². The third-order valence-corrected chi connectivity index (χ3v) is 5.59. The van der Waals surface area contributed by atoms with Crippen LogP contribution >= 0.6 is 0 Å². The molecular formula is C24H26N4O3. The van der Waals surface area contributed by atoms with Crippen LogP contribution in [0.3, 0.4) is 0 Å². The number of pyridine rings is 1. The van der Waals surface area contributed by atoms with Gasteiger partial charge in [-0.05, 0) is 56.3 Å². The Labute approximate surface area is 181 Å². The van der Waals surface area contributed by atoms with Crippen molar-refractivity contribution in [2.75, 3.05) is 34.2 Å². The van der Waals surface area contributed by atoms with Gasteiger partial charge in [-0.2, -0.15) is 0 Å². The first-order valence-corrected chi connectivity index (χ1v) is 10.3. The highest BCUT2D eigenvalue weighted by Crippen LogP contribution is 2.37. The number of fused-ring (bicyclic) bond motifs is 1. The summed E-state index contributed by atoms with van der Waals surface area (Å²) in [7, 11) is 5.74. The number of benzene rings is 1. The van der Waals surface area contributed by atoms with Crippen molar-refractivity contribution in [1.82, 2.24) is 14.8 Å². The van der Waals surface area contributed by atoms with Crippen molar-refractivity contribution in [3.63, 3.8) is 0 Å². The summed E-state index contributed by atoms with van der Waals surface area (Å²) in [5.41, 5.74) is 5.49. The predicted octanol–water partition coefficient (Wildman–Crippen LogP) is 3.77. The maximum absolute atomic E-state index is 13.0. The number of aryl methyl sites for hydroxylation is 1. The molecule has 1 amide bonds. The van der Waals surface area contributed by atoms with Crippen LogP contribution in [-0.2, 0) is 6.42 Å². The lowest BCUT2D eigenvalue weighted by Gasteiger charge is -2.18. The smallest absolute Gasteiger partial charge is 0.289 e. The van der Waals surface area contributed by atoms with Crippen molar-refractivity contribution in [1.29, 1.82) is 0 Å². The summed E-state index contributed by atoms with van der Waals surface area (Å²) in [6.07, 6.45) is 4.96. The number of carbonyl (C=O) groups is 1. The zero-order chi connectivity index (χ0) is 22.0. The van der Waals surface area contributed by atoms with Gasteiger partial charge in [-0.3, -0.25) is 9.78 Å². The lowest BCUT2D eigenvalue weighted by Crippen LogP contribution is -2.33. The van der Waals surface area contributed by atoms with E-state index in [2.05, 4.69) is 16.2 Å². The molecule has 1 N–H and O–H groups in total. The molecule has 0 atom stereocenters. The number of rotatable bonds is 6. The van der Waals surface area contributed by atoms with Gasteiger partial charge in [-0.15, -0.1) is 0 Å². The van der Waals surface area contributed by atoms with E-state index in [9.17, 15) is 10.0 Å². The molecule has 7 heteroatoms. The number of likely N-dealkylation sites (N-methyl/N-ethyl adjacent to an activating group) is 2. The summed E-state index contributed by atoms with van der Waals surface area (Å²) in [4.78, 5) is 20.8. The maximum Gasteiger partial charge on any atom is 0.289 e. The van der Waals surface area contributed by atoms with Gasteiger partial charge in [0.05, 0.1) is 5.71 Å². The molecule has 2 aromatic heterocycles. The molecule has 0 spiro atoms. The third kappa shape index (κ3) is 4.22. The van der Waals surface area contributed by atoms with E-state index in [4.69, 9.17) is 4.42 Å². The third-order valence-electron chi connectivity index (χ3n) is 5.59. The average molecular weight is 418 g/mol. The van der Waals surface area contributed by atoms with Gasteiger partial charge in [0.2, 0.25) is 0 Å². The molecule has 1 aliphatic rings. The molecular weight excluding hydrogens is 392 g/mol. The monoisotopic (exact) mass is 418 g/mol. The highest BCUT2D eigenvalue weighted by molar-refractivity contribution is 6.05. The van der Waals surface area contributed by atoms with Crippen LogP contribution in [-0.4, -0.2) is 65.8 Å². The Bertz CT molecular complexity index is 1120. The number of hydrogen-bond donors (Lipinski definition) is 1. The number of nitrogens with zero attached hydrogens (tertiary/aromatic N) is 4. The first kappa shape index (κ1) is 20.8. The molecule has 160 valence electrons. The minimum Gasteiger partial charge on any atom is -0.450 e. The molecule has 7 nitrogen and oxygen atoms in total. The van der Waals surface area contributed by atoms with Crippen molar-refractivity contribution in [2.24, 2.45) is 5.16 Å². The molecule has 0 unspecified atom stereocenters. The van der Waals surface area contributed by atoms with Gasteiger partial charge in [0, 0.05) is 49.2 Å². The summed E-state index contributed by atoms with van der Waals surface area (Å²) in [5.74, 6) is 0.793. The predicted molar refractivity (Wildman–Crippen MR) is 120 cm³/mol. The standard InChI is InChI=1S/C24H26N4O3/c1-27(2)12-13-28(3)24(29)22-15-20(23(31-22)16-8-10-25-11-9-16)18-4-6-19-17(14-18)5-7-21(19)26-30/h4,6,8-11,14-15,30H,5,7,12-13H2,1-3H3. The highest BCUT2D eigenvalue weighted by Gasteiger charge is 2.24. The largest absolute Gasteiger partial charge is 0.450 e. The van der Waals surface area contributed by atoms with E-state index < -0.39 is 0 Å². The van der Waals surface area contributed by atoms with Crippen LogP contribution in [0.5, 0.6) is 0 Å². The molecule has 2 heterocycles. The van der Waals surface area contributed by atoms with Crippen molar-refractivity contribution in [3.8, 4) is 22.5 Å². The second-order valence-corrected chi connectivity index (χ2v) is 8.04. The van der Waals surface area contributed by atoms with Crippen LogP contribution in [0.4, 0.5) is 0 Å². The van der Waals surface area contributed by atoms with Gasteiger partial charge in [0.15, 0.2) is 5.76 Å². The number of oxime groups is 1. The lowest BCUT2D eigenvalue weighted by atomic mass is 9.98. The van der Waals surface area contributed by atoms with E-state index in [-0.39, 0.29) is 5.91 Å². The lowest BCUT2D eigenvalue weighted by molar-refractivity contribution is 0.0756. The molecule has 0 fully saturated rings. The number of hydrogen-bond acceptors (Lipinski definition) is 6. The van der Waals surface area contributed by atoms with Crippen molar-refractivity contribution < 1.29 is 14.4 Å². The Hall–Kier alpha value is -3.45. The summed E-state index contributed by atoms with van der Waals surface area (Å²) < 4.78 is 6.11. The number of aromatic nitrogens is 1. The van der Waals surface area contributed by atoms with Crippen molar-refractivity contribution in [2.45, 2.75) is 12.8 Å². The molecule has 0 saturated carbocycles. The van der Waals surface area contributed by atoms with Gasteiger partial charge in [-0.25, -0.2) is 0 Å². The van der Waals surface area contributed by atoms with E-state index in [1.165, 1.54) is 0 Å². The Morgan fingerprint density at radius 3 is 2.52 bits per heavy atom.